The summed E-state index contributed by atoms with van der Waals surface area (Å²) in [5.41, 5.74) is 3.10. The van der Waals surface area contributed by atoms with Gasteiger partial charge in [0.2, 0.25) is 0 Å². The second-order valence-electron chi connectivity index (χ2n) is 4.49. The van der Waals surface area contributed by atoms with Crippen LogP contribution in [0.25, 0.3) is 22.2 Å². The van der Waals surface area contributed by atoms with Gasteiger partial charge >= 0.3 is 0 Å². The van der Waals surface area contributed by atoms with Gasteiger partial charge in [0.05, 0.1) is 0 Å². The summed E-state index contributed by atoms with van der Waals surface area (Å²) in [4.78, 5) is 23.7. The average molecular weight is 283 g/mol. The molecule has 0 atom stereocenters. The van der Waals surface area contributed by atoms with Crippen molar-refractivity contribution in [3.8, 4) is 11.1 Å². The highest BCUT2D eigenvalue weighted by Gasteiger charge is 2.09. The molecular formula is C15H13N3OS. The Balaban J connectivity index is 2.26. The predicted octanol–water partition coefficient (Wildman–Crippen LogP) is 3.02. The minimum absolute atomic E-state index is 0.127. The number of H-pyrrole nitrogens is 1. The number of aromatic nitrogens is 3. The van der Waals surface area contributed by atoms with Crippen molar-refractivity contribution in [2.24, 2.45) is 0 Å². The molecule has 20 heavy (non-hydrogen) atoms. The maximum absolute atomic E-state index is 12.3. The Morgan fingerprint density at radius 1 is 1.20 bits per heavy atom. The number of hydrogen-bond acceptors (Lipinski definition) is 4. The normalized spacial score (nSPS) is 10.9. The first-order chi connectivity index (χ1) is 9.69. The molecule has 0 unspecified atom stereocenters. The van der Waals surface area contributed by atoms with Gasteiger partial charge in [-0.1, -0.05) is 36.0 Å². The molecule has 3 rings (SSSR count). The first-order valence-electron chi connectivity index (χ1n) is 6.19. The van der Waals surface area contributed by atoms with Crippen molar-refractivity contribution < 1.29 is 0 Å². The van der Waals surface area contributed by atoms with Gasteiger partial charge in [-0.15, -0.1) is 0 Å². The Hall–Kier alpha value is -2.14. The molecule has 0 amide bonds. The Morgan fingerprint density at radius 3 is 2.75 bits per heavy atom. The molecule has 1 N–H and O–H groups in total. The number of benzene rings is 1. The number of nitrogens with zero attached hydrogens (tertiary/aromatic N) is 2. The number of pyridine rings is 1. The zero-order chi connectivity index (χ0) is 14.1. The van der Waals surface area contributed by atoms with E-state index in [9.17, 15) is 4.79 Å². The van der Waals surface area contributed by atoms with Gasteiger partial charge in [0.1, 0.15) is 5.65 Å². The van der Waals surface area contributed by atoms with E-state index in [1.807, 2.05) is 43.5 Å². The molecule has 0 aliphatic carbocycles. The molecule has 0 spiro atoms. The van der Waals surface area contributed by atoms with Crippen LogP contribution in [0.4, 0.5) is 0 Å². The molecule has 5 heteroatoms. The molecule has 0 saturated carbocycles. The van der Waals surface area contributed by atoms with Crippen LogP contribution in [0.3, 0.4) is 0 Å². The lowest BCUT2D eigenvalue weighted by molar-refractivity contribution is 0.988. The second-order valence-corrected chi connectivity index (χ2v) is 5.26. The van der Waals surface area contributed by atoms with E-state index in [1.165, 1.54) is 11.8 Å². The summed E-state index contributed by atoms with van der Waals surface area (Å²) in [6.07, 6.45) is 3.65. The highest BCUT2D eigenvalue weighted by Crippen LogP contribution is 2.22. The number of nitrogens with one attached hydrogen (secondary N) is 1. The molecule has 0 radical (unpaired) electrons. The van der Waals surface area contributed by atoms with Gasteiger partial charge in [-0.25, -0.2) is 9.97 Å². The van der Waals surface area contributed by atoms with Gasteiger partial charge in [-0.05, 0) is 30.4 Å². The highest BCUT2D eigenvalue weighted by atomic mass is 32.2. The van der Waals surface area contributed by atoms with E-state index in [1.54, 1.807) is 6.20 Å². The molecule has 2 aromatic heterocycles. The van der Waals surface area contributed by atoms with Crippen molar-refractivity contribution in [1.29, 1.82) is 0 Å². The van der Waals surface area contributed by atoms with Crippen LogP contribution in [0.5, 0.6) is 0 Å². The minimum atomic E-state index is -0.127. The van der Waals surface area contributed by atoms with E-state index in [4.69, 9.17) is 0 Å². The van der Waals surface area contributed by atoms with E-state index >= 15 is 0 Å². The fourth-order valence-electron chi connectivity index (χ4n) is 2.15. The molecular weight excluding hydrogens is 270 g/mol. The Kier molecular flexibility index (Phi) is 3.28. The van der Waals surface area contributed by atoms with Gasteiger partial charge in [-0.3, -0.25) is 4.79 Å². The summed E-state index contributed by atoms with van der Waals surface area (Å²) in [6, 6.07) is 9.68. The summed E-state index contributed by atoms with van der Waals surface area (Å²) >= 11 is 1.45. The fraction of sp³-hybridized carbons (Fsp3) is 0.133. The zero-order valence-electron chi connectivity index (χ0n) is 11.2. The topological polar surface area (TPSA) is 58.6 Å². The van der Waals surface area contributed by atoms with Gasteiger partial charge in [0, 0.05) is 17.1 Å². The van der Waals surface area contributed by atoms with Crippen molar-refractivity contribution in [3.63, 3.8) is 0 Å². The molecule has 0 saturated heterocycles. The number of aryl methyl sites for hydroxylation is 1. The number of aromatic amines is 1. The largest absolute Gasteiger partial charge is 0.306 e. The van der Waals surface area contributed by atoms with Gasteiger partial charge in [0.25, 0.3) is 5.56 Å². The fourth-order valence-corrected chi connectivity index (χ4v) is 2.49. The second kappa shape index (κ2) is 5.09. The SMILES string of the molecule is CSc1ncc2cc(-c3ccccc3C)c(=O)[nH]c2n1. The van der Waals surface area contributed by atoms with Crippen LogP contribution >= 0.6 is 11.8 Å². The molecule has 3 aromatic rings. The van der Waals surface area contributed by atoms with Crippen molar-refractivity contribution >= 4 is 22.8 Å². The van der Waals surface area contributed by atoms with Crippen molar-refractivity contribution in [1.82, 2.24) is 15.0 Å². The lowest BCUT2D eigenvalue weighted by atomic mass is 10.0. The lowest BCUT2D eigenvalue weighted by Crippen LogP contribution is -2.10. The summed E-state index contributed by atoms with van der Waals surface area (Å²) in [7, 11) is 0. The third-order valence-corrected chi connectivity index (χ3v) is 3.75. The molecule has 0 aliphatic heterocycles. The molecule has 4 nitrogen and oxygen atoms in total. The van der Waals surface area contributed by atoms with Crippen LogP contribution < -0.4 is 5.56 Å². The highest BCUT2D eigenvalue weighted by molar-refractivity contribution is 7.98. The van der Waals surface area contributed by atoms with Crippen LogP contribution in [0, 0.1) is 6.92 Å². The molecule has 0 bridgehead atoms. The van der Waals surface area contributed by atoms with E-state index < -0.39 is 0 Å². The Bertz CT molecular complexity index is 842. The van der Waals surface area contributed by atoms with E-state index in [0.717, 1.165) is 16.5 Å². The monoisotopic (exact) mass is 283 g/mol. The molecule has 1 aromatic carbocycles. The van der Waals surface area contributed by atoms with Crippen LogP contribution in [0.1, 0.15) is 5.56 Å². The Morgan fingerprint density at radius 2 is 2.00 bits per heavy atom. The minimum Gasteiger partial charge on any atom is -0.306 e. The lowest BCUT2D eigenvalue weighted by Gasteiger charge is -2.06. The van der Waals surface area contributed by atoms with Crippen LogP contribution in [-0.4, -0.2) is 21.2 Å². The molecule has 2 heterocycles. The number of thioether (sulfide) groups is 1. The summed E-state index contributed by atoms with van der Waals surface area (Å²) in [5.74, 6) is 0. The molecule has 0 fully saturated rings. The third kappa shape index (κ3) is 2.20. The molecule has 100 valence electrons. The van der Waals surface area contributed by atoms with Gasteiger partial charge in [-0.2, -0.15) is 0 Å². The van der Waals surface area contributed by atoms with E-state index in [-0.39, 0.29) is 5.56 Å². The summed E-state index contributed by atoms with van der Waals surface area (Å²) in [5, 5.41) is 1.48. The average Bonchev–Trinajstić information content (AvgIpc) is 2.47. The standard InChI is InChI=1S/C15H13N3OS/c1-9-5-3-4-6-11(9)12-7-10-8-16-15(20-2)18-13(10)17-14(12)19/h3-8H,1-2H3,(H,16,17,18,19). The van der Waals surface area contributed by atoms with Gasteiger partial charge in [0.15, 0.2) is 5.16 Å². The zero-order valence-corrected chi connectivity index (χ0v) is 12.0. The first kappa shape index (κ1) is 12.9. The summed E-state index contributed by atoms with van der Waals surface area (Å²) < 4.78 is 0. The van der Waals surface area contributed by atoms with Crippen molar-refractivity contribution in [3.05, 3.63) is 52.4 Å². The quantitative estimate of drug-likeness (QED) is 0.580. The molecule has 0 aliphatic rings. The van der Waals surface area contributed by atoms with Crippen LogP contribution in [-0.2, 0) is 0 Å². The maximum atomic E-state index is 12.3. The predicted molar refractivity (Wildman–Crippen MR) is 82.1 cm³/mol. The third-order valence-electron chi connectivity index (χ3n) is 3.19. The smallest absolute Gasteiger partial charge is 0.257 e. The summed E-state index contributed by atoms with van der Waals surface area (Å²) in [6.45, 7) is 1.99. The number of rotatable bonds is 2. The van der Waals surface area contributed by atoms with Crippen LogP contribution in [0.2, 0.25) is 0 Å². The van der Waals surface area contributed by atoms with E-state index in [2.05, 4.69) is 15.0 Å². The number of hydrogen-bond donors (Lipinski definition) is 1. The van der Waals surface area contributed by atoms with Crippen molar-refractivity contribution in [2.75, 3.05) is 6.26 Å². The first-order valence-corrected chi connectivity index (χ1v) is 7.41. The van der Waals surface area contributed by atoms with Gasteiger partial charge < -0.3 is 4.98 Å². The van der Waals surface area contributed by atoms with Crippen LogP contribution in [0.15, 0.2) is 46.5 Å². The van der Waals surface area contributed by atoms with Crippen molar-refractivity contribution in [2.45, 2.75) is 12.1 Å². The van der Waals surface area contributed by atoms with E-state index in [0.29, 0.717) is 16.4 Å². The maximum Gasteiger partial charge on any atom is 0.257 e. The number of fused-ring (bicyclic) bond motifs is 1. The Labute approximate surface area is 120 Å².